The quantitative estimate of drug-likeness (QED) is 0.523. The Morgan fingerprint density at radius 3 is 2.55 bits per heavy atom. The smallest absolute Gasteiger partial charge is 0.280 e. The van der Waals surface area contributed by atoms with Gasteiger partial charge in [-0.05, 0) is 18.2 Å². The van der Waals surface area contributed by atoms with Crippen LogP contribution >= 0.6 is 0 Å². The van der Waals surface area contributed by atoms with Gasteiger partial charge in [0, 0.05) is 5.56 Å². The molecule has 6 heteroatoms. The number of aliphatic hydroxyl groups excluding tert-OH is 1. The topological polar surface area (TPSA) is 81.8 Å². The predicted molar refractivity (Wildman–Crippen MR) is 77.5 cm³/mol. The number of nitrogens with zero attached hydrogens (tertiary/aromatic N) is 1. The molecule has 0 saturated carbocycles. The van der Waals surface area contributed by atoms with Gasteiger partial charge < -0.3 is 14.6 Å². The molecule has 3 rings (SSSR count). The molecule has 0 amide bonds. The van der Waals surface area contributed by atoms with Crippen LogP contribution < -0.4 is 9.47 Å². The van der Waals surface area contributed by atoms with E-state index in [1.54, 1.807) is 12.1 Å². The van der Waals surface area contributed by atoms with Crippen LogP contribution in [-0.2, 0) is 0 Å². The maximum atomic E-state index is 11.2. The lowest BCUT2D eigenvalue weighted by atomic mass is 10.1. The number of rotatable bonds is 2. The Labute approximate surface area is 126 Å². The summed E-state index contributed by atoms with van der Waals surface area (Å²) in [6.07, 6.45) is -1.30. The number of fused-ring (bicyclic) bond motifs is 1. The van der Waals surface area contributed by atoms with Crippen molar-refractivity contribution < 1.29 is 19.5 Å². The van der Waals surface area contributed by atoms with Gasteiger partial charge in [-0.15, -0.1) is 0 Å². The third-order valence-corrected chi connectivity index (χ3v) is 3.14. The maximum Gasteiger partial charge on any atom is 0.280 e. The largest absolute Gasteiger partial charge is 0.454 e. The molecule has 1 atom stereocenters. The van der Waals surface area contributed by atoms with Crippen LogP contribution in [0.5, 0.6) is 11.5 Å². The Morgan fingerprint density at radius 1 is 1.18 bits per heavy atom. The van der Waals surface area contributed by atoms with E-state index in [-0.39, 0.29) is 18.0 Å². The minimum Gasteiger partial charge on any atom is -0.454 e. The lowest BCUT2D eigenvalue weighted by molar-refractivity contribution is -0.386. The zero-order valence-electron chi connectivity index (χ0n) is 11.4. The minimum atomic E-state index is -1.30. The van der Waals surface area contributed by atoms with E-state index in [4.69, 9.17) is 9.47 Å². The summed E-state index contributed by atoms with van der Waals surface area (Å²) in [4.78, 5) is 10.6. The highest BCUT2D eigenvalue weighted by molar-refractivity contribution is 5.57. The van der Waals surface area contributed by atoms with Crippen molar-refractivity contribution in [1.29, 1.82) is 0 Å². The molecule has 1 heterocycles. The number of hydrogen-bond donors (Lipinski definition) is 1. The first kappa shape index (κ1) is 13.9. The van der Waals surface area contributed by atoms with Crippen LogP contribution in [-0.4, -0.2) is 16.8 Å². The molecule has 0 fully saturated rings. The zero-order chi connectivity index (χ0) is 15.5. The van der Waals surface area contributed by atoms with E-state index in [2.05, 4.69) is 11.8 Å². The molecule has 1 unspecified atom stereocenters. The fraction of sp³-hybridized carbons (Fsp3) is 0.125. The number of hydrogen-bond acceptors (Lipinski definition) is 5. The van der Waals surface area contributed by atoms with E-state index >= 15 is 0 Å². The van der Waals surface area contributed by atoms with Crippen molar-refractivity contribution in [3.8, 4) is 23.3 Å². The van der Waals surface area contributed by atoms with Crippen LogP contribution in [0, 0.1) is 22.0 Å². The van der Waals surface area contributed by atoms with Crippen molar-refractivity contribution in [3.63, 3.8) is 0 Å². The van der Waals surface area contributed by atoms with Gasteiger partial charge in [0.25, 0.3) is 5.69 Å². The second kappa shape index (κ2) is 5.76. The van der Waals surface area contributed by atoms with Crippen LogP contribution in [0.4, 0.5) is 5.69 Å². The van der Waals surface area contributed by atoms with E-state index < -0.39 is 11.0 Å². The van der Waals surface area contributed by atoms with Gasteiger partial charge in [0.1, 0.15) is 6.10 Å². The fourth-order valence-corrected chi connectivity index (χ4v) is 2.08. The number of aliphatic hydroxyl groups is 1. The van der Waals surface area contributed by atoms with E-state index in [0.717, 1.165) is 0 Å². The van der Waals surface area contributed by atoms with Crippen molar-refractivity contribution >= 4 is 5.69 Å². The third kappa shape index (κ3) is 2.71. The minimum absolute atomic E-state index is 0.00172. The van der Waals surface area contributed by atoms with Gasteiger partial charge in [-0.2, -0.15) is 0 Å². The van der Waals surface area contributed by atoms with E-state index in [9.17, 15) is 15.2 Å². The molecule has 0 spiro atoms. The van der Waals surface area contributed by atoms with Crippen molar-refractivity contribution in [2.45, 2.75) is 6.10 Å². The van der Waals surface area contributed by atoms with Crippen molar-refractivity contribution in [2.24, 2.45) is 0 Å². The Balaban J connectivity index is 1.97. The fourth-order valence-electron chi connectivity index (χ4n) is 2.08. The molecule has 0 bridgehead atoms. The molecule has 22 heavy (non-hydrogen) atoms. The first-order valence-electron chi connectivity index (χ1n) is 6.48. The standard InChI is InChI=1S/C16H11NO5/c18-14(7-6-11-4-2-1-3-5-11)12-8-15-16(22-10-21-15)9-13(12)17(19)20/h1-5,8-9,14,18H,10H2. The predicted octanol–water partition coefficient (Wildman–Crippen LogP) is 2.41. The van der Waals surface area contributed by atoms with Gasteiger partial charge in [-0.25, -0.2) is 0 Å². The van der Waals surface area contributed by atoms with Gasteiger partial charge in [0.2, 0.25) is 6.79 Å². The monoisotopic (exact) mass is 297 g/mol. The molecule has 110 valence electrons. The van der Waals surface area contributed by atoms with Gasteiger partial charge >= 0.3 is 0 Å². The van der Waals surface area contributed by atoms with E-state index in [1.165, 1.54) is 12.1 Å². The summed E-state index contributed by atoms with van der Waals surface area (Å²) in [7, 11) is 0. The molecule has 0 radical (unpaired) electrons. The van der Waals surface area contributed by atoms with Gasteiger partial charge in [0.05, 0.1) is 16.6 Å². The Bertz CT molecular complexity index is 776. The average molecular weight is 297 g/mol. The summed E-state index contributed by atoms with van der Waals surface area (Å²) in [5.74, 6) is 6.04. The highest BCUT2D eigenvalue weighted by Gasteiger charge is 2.26. The Kier molecular flexibility index (Phi) is 3.64. The van der Waals surface area contributed by atoms with Crippen molar-refractivity contribution in [3.05, 3.63) is 63.7 Å². The molecule has 1 aliphatic rings. The molecule has 2 aromatic rings. The molecule has 1 aliphatic heterocycles. The SMILES string of the molecule is O=[N+]([O-])c1cc2c(cc1C(O)C#Cc1ccccc1)OCO2. The number of nitro groups is 1. The molecule has 2 aromatic carbocycles. The average Bonchev–Trinajstić information content (AvgIpc) is 2.99. The first-order valence-corrected chi connectivity index (χ1v) is 6.48. The van der Waals surface area contributed by atoms with E-state index in [1.807, 2.05) is 18.2 Å². The van der Waals surface area contributed by atoms with Crippen LogP contribution in [0.3, 0.4) is 0 Å². The lowest BCUT2D eigenvalue weighted by Crippen LogP contribution is -2.01. The number of benzene rings is 2. The molecular weight excluding hydrogens is 286 g/mol. The van der Waals surface area contributed by atoms with Crippen LogP contribution in [0.25, 0.3) is 0 Å². The lowest BCUT2D eigenvalue weighted by Gasteiger charge is -2.06. The summed E-state index contributed by atoms with van der Waals surface area (Å²) in [6, 6.07) is 11.7. The summed E-state index contributed by atoms with van der Waals surface area (Å²) >= 11 is 0. The number of nitro benzene ring substituents is 1. The summed E-state index contributed by atoms with van der Waals surface area (Å²) in [5.41, 5.74) is 0.543. The zero-order valence-corrected chi connectivity index (χ0v) is 11.4. The molecule has 0 aliphatic carbocycles. The Morgan fingerprint density at radius 2 is 1.86 bits per heavy atom. The maximum absolute atomic E-state index is 11.2. The van der Waals surface area contributed by atoms with Gasteiger partial charge in [0.15, 0.2) is 11.5 Å². The Hall–Kier alpha value is -3.04. The van der Waals surface area contributed by atoms with Gasteiger partial charge in [-0.3, -0.25) is 10.1 Å². The highest BCUT2D eigenvalue weighted by atomic mass is 16.7. The van der Waals surface area contributed by atoms with E-state index in [0.29, 0.717) is 17.1 Å². The van der Waals surface area contributed by atoms with Crippen molar-refractivity contribution in [1.82, 2.24) is 0 Å². The van der Waals surface area contributed by atoms with Gasteiger partial charge in [-0.1, -0.05) is 30.0 Å². The molecular formula is C16H11NO5. The summed E-state index contributed by atoms with van der Waals surface area (Å²) < 4.78 is 10.3. The normalized spacial score (nSPS) is 13.1. The molecule has 6 nitrogen and oxygen atoms in total. The number of ether oxygens (including phenoxy) is 2. The highest BCUT2D eigenvalue weighted by Crippen LogP contribution is 2.39. The van der Waals surface area contributed by atoms with Crippen LogP contribution in [0.15, 0.2) is 42.5 Å². The summed E-state index contributed by atoms with van der Waals surface area (Å²) in [6.45, 7) is 0.00172. The van der Waals surface area contributed by atoms with Crippen LogP contribution in [0.2, 0.25) is 0 Å². The molecule has 0 saturated heterocycles. The third-order valence-electron chi connectivity index (χ3n) is 3.14. The van der Waals surface area contributed by atoms with Crippen molar-refractivity contribution in [2.75, 3.05) is 6.79 Å². The molecule has 0 aromatic heterocycles. The second-order valence-corrected chi connectivity index (χ2v) is 4.56. The second-order valence-electron chi connectivity index (χ2n) is 4.56. The summed E-state index contributed by atoms with van der Waals surface area (Å²) in [5, 5.41) is 21.3. The first-order chi connectivity index (χ1) is 10.6. The van der Waals surface area contributed by atoms with Crippen LogP contribution in [0.1, 0.15) is 17.2 Å². The molecule has 1 N–H and O–H groups in total.